The number of hydrogen-bond acceptors (Lipinski definition) is 9. The molecule has 0 saturated carbocycles. The standard InChI is InChI=1S/C23H22FNO2.C23H20FNO2.C14H11FINO2/c2*1-27-23(26)21-15-10-18(9-5-8-17-6-3-2-4-7-17)16-22(21)25-20-13-11-19(24)12-14-20;1-19-14(18)12-7-4-10(16)8-13(12)17-11-5-2-9(15)3-6-11/h2-4,6-7,10-16,25H,5,8-9H2,1H3;2-7,9-16,25H,8H2,1H3;2-8,17H,1H3/b;9-5+;. The molecule has 0 atom stereocenters. The van der Waals surface area contributed by atoms with Crippen LogP contribution in [0.1, 0.15) is 59.7 Å². The summed E-state index contributed by atoms with van der Waals surface area (Å²) in [6.07, 6.45) is 7.81. The molecule has 0 aliphatic heterocycles. The molecular formula is C60H53F3IN3O6. The van der Waals surface area contributed by atoms with Gasteiger partial charge in [-0.25, -0.2) is 27.6 Å². The number of aryl methyl sites for hydroxylation is 2. The van der Waals surface area contributed by atoms with Gasteiger partial charge in [-0.15, -0.1) is 0 Å². The van der Waals surface area contributed by atoms with E-state index in [1.54, 1.807) is 54.6 Å². The zero-order valence-electron chi connectivity index (χ0n) is 40.3. The Kier molecular flexibility index (Phi) is 20.8. The minimum atomic E-state index is -0.431. The molecule has 0 spiro atoms. The van der Waals surface area contributed by atoms with Crippen LogP contribution in [0.2, 0.25) is 0 Å². The first-order valence-electron chi connectivity index (χ1n) is 23.0. The topological polar surface area (TPSA) is 115 Å². The average Bonchev–Trinajstić information content (AvgIpc) is 3.41. The largest absolute Gasteiger partial charge is 0.465 e. The van der Waals surface area contributed by atoms with Crippen LogP contribution >= 0.6 is 22.6 Å². The summed E-state index contributed by atoms with van der Waals surface area (Å²) in [6, 6.07) is 54.9. The lowest BCUT2D eigenvalue weighted by molar-refractivity contribution is 0.0593. The van der Waals surface area contributed by atoms with Gasteiger partial charge in [0.05, 0.1) is 55.1 Å². The van der Waals surface area contributed by atoms with Gasteiger partial charge < -0.3 is 30.2 Å². The quantitative estimate of drug-likeness (QED) is 0.0494. The van der Waals surface area contributed by atoms with Crippen molar-refractivity contribution in [1.29, 1.82) is 0 Å². The maximum absolute atomic E-state index is 13.1. The van der Waals surface area contributed by atoms with Crippen LogP contribution < -0.4 is 16.0 Å². The van der Waals surface area contributed by atoms with Gasteiger partial charge in [0.25, 0.3) is 0 Å². The fourth-order valence-electron chi connectivity index (χ4n) is 7.26. The van der Waals surface area contributed by atoms with Crippen molar-refractivity contribution in [3.05, 3.63) is 254 Å². The molecule has 0 bridgehead atoms. The summed E-state index contributed by atoms with van der Waals surface area (Å²) in [6.45, 7) is 0. The Bertz CT molecular complexity index is 3090. The summed E-state index contributed by atoms with van der Waals surface area (Å²) in [5.41, 5.74) is 9.92. The number of esters is 3. The monoisotopic (exact) mass is 1100 g/mol. The third-order valence-corrected chi connectivity index (χ3v) is 11.6. The number of halogens is 4. The number of benzene rings is 8. The molecule has 8 aromatic rings. The molecule has 0 aliphatic rings. The van der Waals surface area contributed by atoms with Crippen LogP contribution in [-0.4, -0.2) is 39.2 Å². The van der Waals surface area contributed by atoms with Gasteiger partial charge in [-0.3, -0.25) is 0 Å². The van der Waals surface area contributed by atoms with Crippen molar-refractivity contribution in [2.24, 2.45) is 0 Å². The zero-order valence-corrected chi connectivity index (χ0v) is 42.5. The fourth-order valence-corrected chi connectivity index (χ4v) is 7.75. The Morgan fingerprint density at radius 3 is 1.32 bits per heavy atom. The third kappa shape index (κ3) is 17.3. The second-order valence-electron chi connectivity index (χ2n) is 16.2. The zero-order chi connectivity index (χ0) is 52.0. The predicted octanol–water partition coefficient (Wildman–Crippen LogP) is 15.1. The van der Waals surface area contributed by atoms with Crippen molar-refractivity contribution < 1.29 is 41.8 Å². The highest BCUT2D eigenvalue weighted by molar-refractivity contribution is 14.1. The summed E-state index contributed by atoms with van der Waals surface area (Å²) in [4.78, 5) is 35.8. The van der Waals surface area contributed by atoms with E-state index >= 15 is 0 Å². The molecule has 8 aromatic carbocycles. The molecule has 8 rings (SSSR count). The van der Waals surface area contributed by atoms with Gasteiger partial charge in [0.1, 0.15) is 17.5 Å². The number of methoxy groups -OCH3 is 3. The molecule has 0 saturated heterocycles. The molecule has 0 fully saturated rings. The Morgan fingerprint density at radius 2 is 0.849 bits per heavy atom. The van der Waals surface area contributed by atoms with E-state index in [2.05, 4.69) is 68.9 Å². The van der Waals surface area contributed by atoms with E-state index in [-0.39, 0.29) is 17.5 Å². The number of rotatable bonds is 16. The molecule has 372 valence electrons. The van der Waals surface area contributed by atoms with Crippen LogP contribution in [-0.2, 0) is 33.5 Å². The van der Waals surface area contributed by atoms with Gasteiger partial charge in [0.2, 0.25) is 0 Å². The minimum absolute atomic E-state index is 0.302. The van der Waals surface area contributed by atoms with Crippen molar-refractivity contribution in [3.8, 4) is 0 Å². The molecule has 0 heterocycles. The van der Waals surface area contributed by atoms with E-state index in [9.17, 15) is 27.6 Å². The van der Waals surface area contributed by atoms with Gasteiger partial charge >= 0.3 is 17.9 Å². The van der Waals surface area contributed by atoms with Gasteiger partial charge in [-0.05, 0) is 186 Å². The highest BCUT2D eigenvalue weighted by atomic mass is 127. The number of hydrogen-bond donors (Lipinski definition) is 3. The lowest BCUT2D eigenvalue weighted by Crippen LogP contribution is -2.06. The maximum Gasteiger partial charge on any atom is 0.339 e. The Morgan fingerprint density at radius 1 is 0.452 bits per heavy atom. The van der Waals surface area contributed by atoms with E-state index in [0.717, 1.165) is 40.4 Å². The number of carbonyl (C=O) groups excluding carboxylic acids is 3. The van der Waals surface area contributed by atoms with E-state index < -0.39 is 17.9 Å². The number of allylic oxidation sites excluding steroid dienone is 1. The smallest absolute Gasteiger partial charge is 0.339 e. The summed E-state index contributed by atoms with van der Waals surface area (Å²) in [5.74, 6) is -2.17. The molecule has 73 heavy (non-hydrogen) atoms. The third-order valence-electron chi connectivity index (χ3n) is 11.0. The van der Waals surface area contributed by atoms with Crippen molar-refractivity contribution in [2.75, 3.05) is 37.3 Å². The molecule has 0 unspecified atom stereocenters. The molecule has 0 aromatic heterocycles. The summed E-state index contributed by atoms with van der Waals surface area (Å²) in [5, 5.41) is 9.44. The number of nitrogens with one attached hydrogen (secondary N) is 3. The minimum Gasteiger partial charge on any atom is -0.465 e. The SMILES string of the molecule is COC(=O)c1ccc(/C=C/Cc2ccccc2)cc1Nc1ccc(F)cc1.COC(=O)c1ccc(CCCc2ccccc2)cc1Nc1ccc(F)cc1.COC(=O)c1ccc(I)cc1Nc1ccc(F)cc1. The average molecular weight is 1100 g/mol. The van der Waals surface area contributed by atoms with E-state index in [1.165, 1.54) is 68.9 Å². The lowest BCUT2D eigenvalue weighted by atomic mass is 10.0. The summed E-state index contributed by atoms with van der Waals surface area (Å²) >= 11 is 2.15. The van der Waals surface area contributed by atoms with Crippen LogP contribution in [0.3, 0.4) is 0 Å². The van der Waals surface area contributed by atoms with Crippen LogP contribution in [0.5, 0.6) is 0 Å². The highest BCUT2D eigenvalue weighted by Gasteiger charge is 2.15. The van der Waals surface area contributed by atoms with Crippen molar-refractivity contribution in [3.63, 3.8) is 0 Å². The number of carbonyl (C=O) groups is 3. The summed E-state index contributed by atoms with van der Waals surface area (Å²) in [7, 11) is 4.04. The highest BCUT2D eigenvalue weighted by Crippen LogP contribution is 2.28. The molecule has 0 radical (unpaired) electrons. The van der Waals surface area contributed by atoms with Crippen LogP contribution in [0.15, 0.2) is 194 Å². The Balaban J connectivity index is 0.000000182. The predicted molar refractivity (Wildman–Crippen MR) is 293 cm³/mol. The second kappa shape index (κ2) is 28.0. The first-order valence-corrected chi connectivity index (χ1v) is 24.1. The van der Waals surface area contributed by atoms with E-state index in [4.69, 9.17) is 14.2 Å². The number of ether oxygens (including phenoxy) is 3. The van der Waals surface area contributed by atoms with Crippen LogP contribution in [0.25, 0.3) is 6.08 Å². The first-order chi connectivity index (χ1) is 35.4. The van der Waals surface area contributed by atoms with Gasteiger partial charge in [-0.1, -0.05) is 84.9 Å². The molecule has 0 aliphatic carbocycles. The fraction of sp³-hybridized carbons (Fsp3) is 0.117. The maximum atomic E-state index is 13.1. The van der Waals surface area contributed by atoms with Crippen molar-refractivity contribution >= 4 is 80.7 Å². The van der Waals surface area contributed by atoms with E-state index in [1.807, 2.05) is 78.9 Å². The van der Waals surface area contributed by atoms with E-state index in [0.29, 0.717) is 50.8 Å². The number of anilines is 6. The Hall–Kier alpha value is -8.17. The first kappa shape index (κ1) is 54.2. The van der Waals surface area contributed by atoms with Gasteiger partial charge in [-0.2, -0.15) is 0 Å². The molecule has 9 nitrogen and oxygen atoms in total. The lowest BCUT2D eigenvalue weighted by Gasteiger charge is -2.13. The molecule has 0 amide bonds. The van der Waals surface area contributed by atoms with Gasteiger partial charge in [0.15, 0.2) is 0 Å². The second-order valence-corrected chi connectivity index (χ2v) is 17.4. The normalized spacial score (nSPS) is 10.5. The van der Waals surface area contributed by atoms with Crippen LogP contribution in [0, 0.1) is 21.0 Å². The van der Waals surface area contributed by atoms with Crippen molar-refractivity contribution in [2.45, 2.75) is 25.7 Å². The van der Waals surface area contributed by atoms with Crippen molar-refractivity contribution in [1.82, 2.24) is 0 Å². The molecule has 3 N–H and O–H groups in total. The summed E-state index contributed by atoms with van der Waals surface area (Å²) < 4.78 is 54.5. The molecule has 13 heteroatoms. The molecular weight excluding hydrogens is 1040 g/mol. The Labute approximate surface area is 437 Å². The van der Waals surface area contributed by atoms with Gasteiger partial charge in [0, 0.05) is 20.6 Å². The van der Waals surface area contributed by atoms with Crippen LogP contribution in [0.4, 0.5) is 47.3 Å².